The van der Waals surface area contributed by atoms with Gasteiger partial charge in [0.15, 0.2) is 0 Å². The molecule has 3 rings (SSSR count). The van der Waals surface area contributed by atoms with Gasteiger partial charge in [0.25, 0.3) is 0 Å². The molecule has 108 valence electrons. The van der Waals surface area contributed by atoms with Crippen LogP contribution in [-0.2, 0) is 17.7 Å². The van der Waals surface area contributed by atoms with Gasteiger partial charge >= 0.3 is 0 Å². The highest BCUT2D eigenvalue weighted by molar-refractivity contribution is 6.17. The van der Waals surface area contributed by atoms with Crippen molar-refractivity contribution < 1.29 is 9.47 Å². The molecule has 1 aromatic carbocycles. The molecule has 0 aliphatic carbocycles. The van der Waals surface area contributed by atoms with Gasteiger partial charge in [0.2, 0.25) is 0 Å². The maximum atomic E-state index is 5.92. The van der Waals surface area contributed by atoms with Crippen molar-refractivity contribution >= 4 is 22.6 Å². The van der Waals surface area contributed by atoms with Crippen molar-refractivity contribution in [3.8, 4) is 5.75 Å². The summed E-state index contributed by atoms with van der Waals surface area (Å²) in [5, 5.41) is 0. The summed E-state index contributed by atoms with van der Waals surface area (Å²) in [6.45, 7) is 2.64. The van der Waals surface area contributed by atoms with Crippen molar-refractivity contribution in [1.29, 1.82) is 0 Å². The molecule has 0 radical (unpaired) electrons. The number of rotatable bonds is 5. The number of alkyl halides is 1. The van der Waals surface area contributed by atoms with E-state index in [-0.39, 0.29) is 0 Å². The van der Waals surface area contributed by atoms with E-state index in [0.717, 1.165) is 55.2 Å². The predicted molar refractivity (Wildman–Crippen MR) is 79.6 cm³/mol. The van der Waals surface area contributed by atoms with Crippen molar-refractivity contribution in [2.24, 2.45) is 5.92 Å². The van der Waals surface area contributed by atoms with Crippen LogP contribution in [0.2, 0.25) is 0 Å². The Balaban J connectivity index is 2.03. The van der Waals surface area contributed by atoms with Crippen molar-refractivity contribution in [2.45, 2.75) is 19.4 Å². The lowest BCUT2D eigenvalue weighted by Gasteiger charge is -2.13. The molecule has 2 aromatic rings. The summed E-state index contributed by atoms with van der Waals surface area (Å²) in [7, 11) is 1.68. The van der Waals surface area contributed by atoms with Crippen LogP contribution in [0.1, 0.15) is 12.2 Å². The van der Waals surface area contributed by atoms with Crippen molar-refractivity contribution in [1.82, 2.24) is 9.55 Å². The zero-order chi connectivity index (χ0) is 13.9. The number of para-hydroxylation sites is 1. The fourth-order valence-electron chi connectivity index (χ4n) is 2.80. The smallest absolute Gasteiger partial charge is 0.146 e. The summed E-state index contributed by atoms with van der Waals surface area (Å²) in [5.74, 6) is 2.99. The Labute approximate surface area is 123 Å². The maximum absolute atomic E-state index is 5.92. The van der Waals surface area contributed by atoms with Gasteiger partial charge in [0.1, 0.15) is 17.1 Å². The molecule has 1 unspecified atom stereocenters. The molecule has 20 heavy (non-hydrogen) atoms. The van der Waals surface area contributed by atoms with Crippen molar-refractivity contribution in [3.05, 3.63) is 24.0 Å². The van der Waals surface area contributed by atoms with Gasteiger partial charge < -0.3 is 14.0 Å². The first kappa shape index (κ1) is 13.7. The summed E-state index contributed by atoms with van der Waals surface area (Å²) >= 11 is 5.92. The number of aryl methyl sites for hydroxylation is 1. The SMILES string of the molecule is COc1cccc2c1nc(CCCl)n2CC1CCOC1. The number of benzene rings is 1. The third kappa shape index (κ3) is 2.50. The van der Waals surface area contributed by atoms with Crippen molar-refractivity contribution in [2.75, 3.05) is 26.2 Å². The monoisotopic (exact) mass is 294 g/mol. The van der Waals surface area contributed by atoms with E-state index in [9.17, 15) is 0 Å². The van der Waals surface area contributed by atoms with Gasteiger partial charge in [0, 0.05) is 31.4 Å². The molecule has 1 saturated heterocycles. The largest absolute Gasteiger partial charge is 0.494 e. The fourth-order valence-corrected chi connectivity index (χ4v) is 2.97. The number of aromatic nitrogens is 2. The third-order valence-corrected chi connectivity index (χ3v) is 4.01. The van der Waals surface area contributed by atoms with Crippen molar-refractivity contribution in [3.63, 3.8) is 0 Å². The molecule has 0 spiro atoms. The first-order valence-corrected chi connectivity index (χ1v) is 7.52. The summed E-state index contributed by atoms with van der Waals surface area (Å²) in [6.07, 6.45) is 1.89. The van der Waals surface area contributed by atoms with Gasteiger partial charge in [-0.05, 0) is 18.6 Å². The van der Waals surface area contributed by atoms with Gasteiger partial charge in [0.05, 0.1) is 19.2 Å². The average Bonchev–Trinajstić information content (AvgIpc) is 3.08. The molecular formula is C15H19ClN2O2. The molecule has 1 fully saturated rings. The highest BCUT2D eigenvalue weighted by atomic mass is 35.5. The molecule has 0 amide bonds. The quantitative estimate of drug-likeness (QED) is 0.796. The minimum atomic E-state index is 0.563. The summed E-state index contributed by atoms with van der Waals surface area (Å²) in [4.78, 5) is 4.73. The van der Waals surface area contributed by atoms with Gasteiger partial charge in [-0.2, -0.15) is 0 Å². The van der Waals surface area contributed by atoms with E-state index in [0.29, 0.717) is 11.8 Å². The lowest BCUT2D eigenvalue weighted by Crippen LogP contribution is -2.13. The number of fused-ring (bicyclic) bond motifs is 1. The van der Waals surface area contributed by atoms with E-state index in [1.54, 1.807) is 7.11 Å². The number of nitrogens with zero attached hydrogens (tertiary/aromatic N) is 2. The van der Waals surface area contributed by atoms with Crippen LogP contribution in [0.15, 0.2) is 18.2 Å². The Bertz CT molecular complexity index is 591. The first-order valence-electron chi connectivity index (χ1n) is 6.99. The second kappa shape index (κ2) is 6.02. The lowest BCUT2D eigenvalue weighted by molar-refractivity contribution is 0.182. The summed E-state index contributed by atoms with van der Waals surface area (Å²) in [5.41, 5.74) is 2.05. The van der Waals surface area contributed by atoms with Crippen LogP contribution in [-0.4, -0.2) is 35.8 Å². The predicted octanol–water partition coefficient (Wildman–Crippen LogP) is 2.86. The van der Waals surface area contributed by atoms with E-state index >= 15 is 0 Å². The first-order chi connectivity index (χ1) is 9.83. The highest BCUT2D eigenvalue weighted by Gasteiger charge is 2.20. The molecule has 0 N–H and O–H groups in total. The van der Waals surface area contributed by atoms with Crippen LogP contribution < -0.4 is 4.74 Å². The molecule has 0 saturated carbocycles. The van der Waals surface area contributed by atoms with E-state index in [1.165, 1.54) is 0 Å². The Morgan fingerprint density at radius 3 is 3.10 bits per heavy atom. The second-order valence-corrected chi connectivity index (χ2v) is 5.51. The maximum Gasteiger partial charge on any atom is 0.146 e. The molecule has 0 bridgehead atoms. The standard InChI is InChI=1S/C15H19ClN2O2/c1-19-13-4-2-3-12-15(13)17-14(5-7-16)18(12)9-11-6-8-20-10-11/h2-4,11H,5-10H2,1H3. The number of imidazole rings is 1. The van der Waals surface area contributed by atoms with Gasteiger partial charge in [-0.15, -0.1) is 11.6 Å². The normalized spacial score (nSPS) is 18.8. The van der Waals surface area contributed by atoms with E-state index in [4.69, 9.17) is 26.1 Å². The molecule has 1 atom stereocenters. The van der Waals surface area contributed by atoms with E-state index < -0.39 is 0 Å². The lowest BCUT2D eigenvalue weighted by atomic mass is 10.1. The minimum Gasteiger partial charge on any atom is -0.494 e. The summed E-state index contributed by atoms with van der Waals surface area (Å²) < 4.78 is 13.2. The number of ether oxygens (including phenoxy) is 2. The van der Waals surface area contributed by atoms with Gasteiger partial charge in [-0.1, -0.05) is 6.07 Å². The second-order valence-electron chi connectivity index (χ2n) is 5.14. The van der Waals surface area contributed by atoms with Crippen LogP contribution in [0.5, 0.6) is 5.75 Å². The third-order valence-electron chi connectivity index (χ3n) is 3.82. The molecular weight excluding hydrogens is 276 g/mol. The Hall–Kier alpha value is -1.26. The number of hydrogen-bond acceptors (Lipinski definition) is 3. The molecule has 4 nitrogen and oxygen atoms in total. The molecule has 1 aliphatic rings. The molecule has 2 heterocycles. The zero-order valence-corrected chi connectivity index (χ0v) is 12.4. The topological polar surface area (TPSA) is 36.3 Å². The van der Waals surface area contributed by atoms with Gasteiger partial charge in [-0.3, -0.25) is 0 Å². The zero-order valence-electron chi connectivity index (χ0n) is 11.6. The van der Waals surface area contributed by atoms with Gasteiger partial charge in [-0.25, -0.2) is 4.98 Å². The number of halogens is 1. The number of hydrogen-bond donors (Lipinski definition) is 0. The molecule has 1 aromatic heterocycles. The number of methoxy groups -OCH3 is 1. The van der Waals surface area contributed by atoms with Crippen LogP contribution in [0, 0.1) is 5.92 Å². The van der Waals surface area contributed by atoms with E-state index in [2.05, 4.69) is 10.6 Å². The Kier molecular flexibility index (Phi) is 4.13. The Morgan fingerprint density at radius 2 is 2.40 bits per heavy atom. The van der Waals surface area contributed by atoms with Crippen LogP contribution in [0.25, 0.3) is 11.0 Å². The summed E-state index contributed by atoms with van der Waals surface area (Å²) in [6, 6.07) is 6.05. The molecule has 1 aliphatic heterocycles. The van der Waals surface area contributed by atoms with Crippen LogP contribution >= 0.6 is 11.6 Å². The van der Waals surface area contributed by atoms with Crippen LogP contribution in [0.3, 0.4) is 0 Å². The average molecular weight is 295 g/mol. The van der Waals surface area contributed by atoms with Crippen LogP contribution in [0.4, 0.5) is 0 Å². The highest BCUT2D eigenvalue weighted by Crippen LogP contribution is 2.28. The minimum absolute atomic E-state index is 0.563. The Morgan fingerprint density at radius 1 is 1.50 bits per heavy atom. The molecule has 5 heteroatoms. The fraction of sp³-hybridized carbons (Fsp3) is 0.533. The van der Waals surface area contributed by atoms with E-state index in [1.807, 2.05) is 12.1 Å².